The molecule has 0 spiro atoms. The molecular weight excluding hydrogens is 456 g/mol. The van der Waals surface area contributed by atoms with Crippen molar-refractivity contribution in [1.82, 2.24) is 5.09 Å². The van der Waals surface area contributed by atoms with E-state index >= 15 is 0 Å². The van der Waals surface area contributed by atoms with Crippen LogP contribution in [0, 0.1) is 5.82 Å². The van der Waals surface area contributed by atoms with Gasteiger partial charge in [0.1, 0.15) is 30.0 Å². The lowest BCUT2D eigenvalue weighted by molar-refractivity contribution is -0.146. The van der Waals surface area contributed by atoms with E-state index in [2.05, 4.69) is 5.09 Å². The van der Waals surface area contributed by atoms with Crippen LogP contribution in [0.3, 0.4) is 0 Å². The number of hydrogen-bond donors (Lipinski definition) is 1. The fraction of sp³-hybridized carbons (Fsp3) is 0.115. The van der Waals surface area contributed by atoms with Gasteiger partial charge in [0, 0.05) is 5.39 Å². The average Bonchev–Trinajstić information content (AvgIpc) is 2.84. The van der Waals surface area contributed by atoms with Crippen LogP contribution in [-0.2, 0) is 20.7 Å². The van der Waals surface area contributed by atoms with Crippen molar-refractivity contribution in [3.05, 3.63) is 108 Å². The molecule has 2 atom stereocenters. The van der Waals surface area contributed by atoms with Crippen LogP contribution in [0.5, 0.6) is 11.5 Å². The fourth-order valence-electron chi connectivity index (χ4n) is 3.25. The first-order valence-corrected chi connectivity index (χ1v) is 12.2. The number of carbonyl (C=O) groups excluding carboxylic acids is 1. The number of benzene rings is 4. The predicted molar refractivity (Wildman–Crippen MR) is 128 cm³/mol. The molecule has 0 radical (unpaired) electrons. The highest BCUT2D eigenvalue weighted by Gasteiger charge is 2.34. The van der Waals surface area contributed by atoms with E-state index in [1.165, 1.54) is 31.2 Å². The normalized spacial score (nSPS) is 13.6. The third-order valence-corrected chi connectivity index (χ3v) is 6.53. The Bertz CT molecular complexity index is 1310. The van der Waals surface area contributed by atoms with Crippen LogP contribution >= 0.6 is 7.75 Å². The van der Waals surface area contributed by atoms with Gasteiger partial charge in [-0.2, -0.15) is 5.09 Å². The zero-order valence-electron chi connectivity index (χ0n) is 18.4. The van der Waals surface area contributed by atoms with Crippen LogP contribution in [0.2, 0.25) is 0 Å². The average molecular weight is 479 g/mol. The minimum Gasteiger partial charge on any atom is -0.460 e. The molecule has 0 saturated heterocycles. The van der Waals surface area contributed by atoms with Crippen LogP contribution < -0.4 is 14.1 Å². The summed E-state index contributed by atoms with van der Waals surface area (Å²) in [5.74, 6) is -0.681. The summed E-state index contributed by atoms with van der Waals surface area (Å²) in [4.78, 5) is 12.6. The van der Waals surface area contributed by atoms with Crippen molar-refractivity contribution in [2.24, 2.45) is 0 Å². The van der Waals surface area contributed by atoms with E-state index < -0.39 is 25.6 Å². The number of halogens is 1. The molecule has 8 heteroatoms. The van der Waals surface area contributed by atoms with Crippen molar-refractivity contribution in [1.29, 1.82) is 0 Å². The van der Waals surface area contributed by atoms with Crippen LogP contribution in [0.1, 0.15) is 12.5 Å². The second-order valence-corrected chi connectivity index (χ2v) is 9.17. The highest BCUT2D eigenvalue weighted by atomic mass is 31.2. The minimum absolute atomic E-state index is 0.0684. The molecule has 34 heavy (non-hydrogen) atoms. The van der Waals surface area contributed by atoms with Crippen molar-refractivity contribution in [2.75, 3.05) is 0 Å². The number of fused-ring (bicyclic) bond motifs is 1. The predicted octanol–water partition coefficient (Wildman–Crippen LogP) is 6.27. The number of nitrogens with one attached hydrogen (secondary N) is 1. The first kappa shape index (κ1) is 23.5. The number of carbonyl (C=O) groups is 1. The third kappa shape index (κ3) is 6.01. The summed E-state index contributed by atoms with van der Waals surface area (Å²) in [6, 6.07) is 25.9. The second kappa shape index (κ2) is 10.5. The van der Waals surface area contributed by atoms with Crippen LogP contribution in [0.15, 0.2) is 97.1 Å². The molecular formula is C26H23FNO5P. The molecule has 0 heterocycles. The Labute approximate surface area is 196 Å². The van der Waals surface area contributed by atoms with Crippen molar-refractivity contribution in [3.8, 4) is 11.5 Å². The maximum atomic E-state index is 13.8. The summed E-state index contributed by atoms with van der Waals surface area (Å²) in [6.07, 6.45) is 0. The van der Waals surface area contributed by atoms with Crippen LogP contribution in [0.25, 0.3) is 10.8 Å². The van der Waals surface area contributed by atoms with Gasteiger partial charge < -0.3 is 13.8 Å². The molecule has 0 saturated carbocycles. The summed E-state index contributed by atoms with van der Waals surface area (Å²) in [5.41, 5.74) is 0.820. The molecule has 174 valence electrons. The van der Waals surface area contributed by atoms with Gasteiger partial charge in [-0.05, 0) is 48.2 Å². The summed E-state index contributed by atoms with van der Waals surface area (Å²) in [6.45, 7) is 1.57. The Morgan fingerprint density at radius 3 is 2.32 bits per heavy atom. The number of rotatable bonds is 9. The van der Waals surface area contributed by atoms with E-state index in [1.54, 1.807) is 12.1 Å². The molecule has 6 nitrogen and oxygen atoms in total. The Balaban J connectivity index is 1.56. The van der Waals surface area contributed by atoms with Crippen molar-refractivity contribution >= 4 is 24.5 Å². The summed E-state index contributed by atoms with van der Waals surface area (Å²) >= 11 is 0. The smallest absolute Gasteiger partial charge is 0.460 e. The van der Waals surface area contributed by atoms with E-state index in [9.17, 15) is 13.8 Å². The Kier molecular flexibility index (Phi) is 7.26. The van der Waals surface area contributed by atoms with E-state index in [0.717, 1.165) is 10.9 Å². The van der Waals surface area contributed by atoms with E-state index in [4.69, 9.17) is 13.8 Å². The van der Waals surface area contributed by atoms with Crippen molar-refractivity contribution < 1.29 is 27.5 Å². The number of ether oxygens (including phenoxy) is 1. The topological polar surface area (TPSA) is 73.9 Å². The highest BCUT2D eigenvalue weighted by Crippen LogP contribution is 2.47. The highest BCUT2D eigenvalue weighted by molar-refractivity contribution is 7.52. The second-order valence-electron chi connectivity index (χ2n) is 7.56. The third-order valence-electron chi connectivity index (χ3n) is 4.94. The summed E-state index contributed by atoms with van der Waals surface area (Å²) in [5, 5.41) is 4.24. The molecule has 0 amide bonds. The Morgan fingerprint density at radius 2 is 1.56 bits per heavy atom. The molecule has 1 N–H and O–H groups in total. The van der Waals surface area contributed by atoms with Gasteiger partial charge in [-0.25, -0.2) is 8.96 Å². The molecule has 0 aromatic heterocycles. The molecule has 0 fully saturated rings. The van der Waals surface area contributed by atoms with Crippen molar-refractivity contribution in [2.45, 2.75) is 19.6 Å². The molecule has 0 aliphatic carbocycles. The van der Waals surface area contributed by atoms with Gasteiger partial charge in [0.15, 0.2) is 0 Å². The summed E-state index contributed by atoms with van der Waals surface area (Å²) < 4.78 is 44.0. The molecule has 4 aromatic rings. The molecule has 1 unspecified atom stereocenters. The lowest BCUT2D eigenvalue weighted by Crippen LogP contribution is -2.35. The van der Waals surface area contributed by atoms with Gasteiger partial charge in [-0.3, -0.25) is 4.79 Å². The SMILES string of the molecule is C[C@H](NP(=O)(Oc1ccc(F)cc1)Oc1cccc2ccccc12)C(=O)OCc1ccccc1. The molecule has 4 aromatic carbocycles. The van der Waals surface area contributed by atoms with Crippen LogP contribution in [-0.4, -0.2) is 12.0 Å². The standard InChI is InChI=1S/C26H23FNO5P/c1-19(26(29)31-18-20-8-3-2-4-9-20)28-34(30,32-23-16-14-22(27)15-17-23)33-25-13-7-11-21-10-5-6-12-24(21)25/h2-17,19H,18H2,1H3,(H,28,30)/t19-,34?/m0/s1. The molecule has 0 aliphatic heterocycles. The number of esters is 1. The monoisotopic (exact) mass is 479 g/mol. The fourth-order valence-corrected chi connectivity index (χ4v) is 4.79. The molecule has 4 rings (SSSR count). The van der Waals surface area contributed by atoms with E-state index in [-0.39, 0.29) is 12.4 Å². The van der Waals surface area contributed by atoms with Gasteiger partial charge in [-0.15, -0.1) is 0 Å². The maximum Gasteiger partial charge on any atom is 0.513 e. The first-order chi connectivity index (χ1) is 16.4. The van der Waals surface area contributed by atoms with Gasteiger partial charge >= 0.3 is 13.7 Å². The lowest BCUT2D eigenvalue weighted by Gasteiger charge is -2.23. The summed E-state index contributed by atoms with van der Waals surface area (Å²) in [7, 11) is -4.16. The first-order valence-electron chi connectivity index (χ1n) is 10.6. The quantitative estimate of drug-likeness (QED) is 0.225. The Hall–Kier alpha value is -3.67. The maximum absolute atomic E-state index is 13.8. The zero-order chi connectivity index (χ0) is 24.0. The van der Waals surface area contributed by atoms with Crippen LogP contribution in [0.4, 0.5) is 4.39 Å². The van der Waals surface area contributed by atoms with Crippen molar-refractivity contribution in [3.63, 3.8) is 0 Å². The molecule has 0 bridgehead atoms. The van der Waals surface area contributed by atoms with E-state index in [1.807, 2.05) is 60.7 Å². The lowest BCUT2D eigenvalue weighted by atomic mass is 10.1. The number of hydrogen-bond acceptors (Lipinski definition) is 5. The van der Waals surface area contributed by atoms with Gasteiger partial charge in [-0.1, -0.05) is 66.7 Å². The zero-order valence-corrected chi connectivity index (χ0v) is 19.3. The molecule has 0 aliphatic rings. The van der Waals surface area contributed by atoms with E-state index in [0.29, 0.717) is 11.1 Å². The van der Waals surface area contributed by atoms with Gasteiger partial charge in [0.25, 0.3) is 0 Å². The Morgan fingerprint density at radius 1 is 0.882 bits per heavy atom. The van der Waals surface area contributed by atoms with Gasteiger partial charge in [0.2, 0.25) is 0 Å². The minimum atomic E-state index is -4.16. The van der Waals surface area contributed by atoms with Gasteiger partial charge in [0.05, 0.1) is 0 Å². The largest absolute Gasteiger partial charge is 0.513 e.